The number of carboxylic acid groups (broad SMARTS) is 1. The van der Waals surface area contributed by atoms with E-state index in [9.17, 15) is 14.7 Å². The molecule has 1 aliphatic rings. The molecule has 1 aliphatic heterocycles. The van der Waals surface area contributed by atoms with Gasteiger partial charge in [0.15, 0.2) is 0 Å². The third kappa shape index (κ3) is 4.81. The first kappa shape index (κ1) is 18.8. The van der Waals surface area contributed by atoms with E-state index >= 15 is 0 Å². The number of piperidine rings is 1. The van der Waals surface area contributed by atoms with Gasteiger partial charge in [-0.15, -0.1) is 0 Å². The minimum absolute atomic E-state index is 0.0803. The lowest BCUT2D eigenvalue weighted by Crippen LogP contribution is -2.42. The smallest absolute Gasteiger partial charge is 0.305 e. The zero-order valence-electron chi connectivity index (χ0n) is 15.3. The number of rotatable bonds is 6. The van der Waals surface area contributed by atoms with Gasteiger partial charge in [0.25, 0.3) is 0 Å². The summed E-state index contributed by atoms with van der Waals surface area (Å²) >= 11 is 0. The van der Waals surface area contributed by atoms with Crippen LogP contribution in [0.2, 0.25) is 0 Å². The molecule has 2 heterocycles. The second kappa shape index (κ2) is 8.62. The summed E-state index contributed by atoms with van der Waals surface area (Å²) in [4.78, 5) is 34.6. The second-order valence-corrected chi connectivity index (χ2v) is 6.84. The lowest BCUT2D eigenvalue weighted by molar-refractivity contribution is -0.138. The van der Waals surface area contributed by atoms with Crippen LogP contribution in [0.5, 0.6) is 0 Å². The van der Waals surface area contributed by atoms with Crippen LogP contribution in [0.25, 0.3) is 0 Å². The van der Waals surface area contributed by atoms with Gasteiger partial charge in [-0.05, 0) is 30.9 Å². The first-order valence-corrected chi connectivity index (χ1v) is 9.13. The van der Waals surface area contributed by atoms with Crippen molar-refractivity contribution in [3.8, 4) is 0 Å². The van der Waals surface area contributed by atoms with Gasteiger partial charge in [0.2, 0.25) is 5.91 Å². The van der Waals surface area contributed by atoms with Crippen molar-refractivity contribution in [1.82, 2.24) is 15.3 Å². The molecule has 0 spiro atoms. The summed E-state index contributed by atoms with van der Waals surface area (Å²) in [5.41, 5.74) is 1.83. The number of nitrogens with one attached hydrogen (secondary N) is 1. The van der Waals surface area contributed by atoms with Crippen molar-refractivity contribution in [2.24, 2.45) is 5.92 Å². The highest BCUT2D eigenvalue weighted by Crippen LogP contribution is 2.25. The minimum Gasteiger partial charge on any atom is -0.481 e. The molecule has 1 fully saturated rings. The highest BCUT2D eigenvalue weighted by atomic mass is 16.4. The van der Waals surface area contributed by atoms with Crippen LogP contribution in [0.15, 0.2) is 42.9 Å². The van der Waals surface area contributed by atoms with Crippen molar-refractivity contribution in [2.75, 3.05) is 18.0 Å². The van der Waals surface area contributed by atoms with E-state index in [2.05, 4.69) is 20.2 Å². The number of aromatic nitrogens is 2. The normalized spacial score (nSPS) is 16.0. The highest BCUT2D eigenvalue weighted by Gasteiger charge is 2.28. The number of carbonyl (C=O) groups is 2. The molecular formula is C20H24N4O3. The summed E-state index contributed by atoms with van der Waals surface area (Å²) < 4.78 is 0. The first-order chi connectivity index (χ1) is 13.0. The van der Waals surface area contributed by atoms with Gasteiger partial charge in [0.1, 0.15) is 5.82 Å². The Morgan fingerprint density at radius 1 is 1.26 bits per heavy atom. The topological polar surface area (TPSA) is 95.4 Å². The third-order valence-corrected chi connectivity index (χ3v) is 5.00. The van der Waals surface area contributed by atoms with E-state index in [4.69, 9.17) is 0 Å². The fraction of sp³-hybridized carbons (Fsp3) is 0.400. The molecule has 3 rings (SSSR count). The summed E-state index contributed by atoms with van der Waals surface area (Å²) in [5, 5.41) is 12.2. The van der Waals surface area contributed by atoms with E-state index < -0.39 is 12.0 Å². The molecule has 1 amide bonds. The van der Waals surface area contributed by atoms with Crippen LogP contribution < -0.4 is 10.2 Å². The third-order valence-electron chi connectivity index (χ3n) is 5.00. The average molecular weight is 368 g/mol. The Morgan fingerprint density at radius 3 is 2.63 bits per heavy atom. The van der Waals surface area contributed by atoms with E-state index in [1.54, 1.807) is 18.6 Å². The Balaban J connectivity index is 1.63. The van der Waals surface area contributed by atoms with Gasteiger partial charge in [-0.2, -0.15) is 0 Å². The maximum absolute atomic E-state index is 12.8. The van der Waals surface area contributed by atoms with Crippen LogP contribution >= 0.6 is 0 Å². The maximum Gasteiger partial charge on any atom is 0.305 e. The summed E-state index contributed by atoms with van der Waals surface area (Å²) in [6.45, 7) is 3.38. The lowest BCUT2D eigenvalue weighted by Gasteiger charge is -2.32. The molecule has 2 N–H and O–H groups in total. The molecule has 1 atom stereocenters. The summed E-state index contributed by atoms with van der Waals surface area (Å²) in [6.07, 6.45) is 6.30. The molecule has 0 radical (unpaired) electrons. The van der Waals surface area contributed by atoms with Crippen LogP contribution in [0.1, 0.15) is 36.4 Å². The summed E-state index contributed by atoms with van der Waals surface area (Å²) in [5.74, 6) is -0.317. The fourth-order valence-electron chi connectivity index (χ4n) is 3.51. The van der Waals surface area contributed by atoms with E-state index in [0.29, 0.717) is 12.8 Å². The minimum atomic E-state index is -0.930. The first-order valence-electron chi connectivity index (χ1n) is 9.13. The summed E-state index contributed by atoms with van der Waals surface area (Å²) in [7, 11) is 0. The van der Waals surface area contributed by atoms with E-state index in [1.807, 2.05) is 31.2 Å². The number of hydrogen-bond donors (Lipinski definition) is 2. The monoisotopic (exact) mass is 368 g/mol. The van der Waals surface area contributed by atoms with Gasteiger partial charge in [0, 0.05) is 31.4 Å². The number of carbonyl (C=O) groups excluding carboxylic acids is 1. The zero-order valence-corrected chi connectivity index (χ0v) is 15.3. The SMILES string of the molecule is Cc1ccccc1[C@H](CC(=O)O)NC(=O)C1CCN(c2cnccn2)CC1. The molecule has 0 unspecified atom stereocenters. The Labute approximate surface area is 158 Å². The molecule has 0 saturated carbocycles. The molecule has 1 aromatic carbocycles. The molecule has 0 bridgehead atoms. The molecular weight excluding hydrogens is 344 g/mol. The van der Waals surface area contributed by atoms with Crippen molar-refractivity contribution in [2.45, 2.75) is 32.2 Å². The number of aliphatic carboxylic acids is 1. The van der Waals surface area contributed by atoms with Crippen LogP contribution in [0.3, 0.4) is 0 Å². The van der Waals surface area contributed by atoms with Crippen molar-refractivity contribution >= 4 is 17.7 Å². The predicted molar refractivity (Wildman–Crippen MR) is 101 cm³/mol. The number of carboxylic acids is 1. The Kier molecular flexibility index (Phi) is 6.01. The molecule has 7 heteroatoms. The molecule has 142 valence electrons. The lowest BCUT2D eigenvalue weighted by atomic mass is 9.93. The van der Waals surface area contributed by atoms with Gasteiger partial charge in [-0.25, -0.2) is 4.98 Å². The number of hydrogen-bond acceptors (Lipinski definition) is 5. The zero-order chi connectivity index (χ0) is 19.2. The van der Waals surface area contributed by atoms with Gasteiger partial charge in [-0.3, -0.25) is 14.6 Å². The van der Waals surface area contributed by atoms with Gasteiger partial charge in [-0.1, -0.05) is 24.3 Å². The van der Waals surface area contributed by atoms with Crippen molar-refractivity contribution in [3.63, 3.8) is 0 Å². The standard InChI is InChI=1S/C20H24N4O3/c1-14-4-2-3-5-16(14)17(12-19(25)26)23-20(27)15-6-10-24(11-7-15)18-13-21-8-9-22-18/h2-5,8-9,13,15,17H,6-7,10-12H2,1H3,(H,23,27)(H,25,26)/t17-/m0/s1. The molecule has 0 aliphatic carbocycles. The van der Waals surface area contributed by atoms with Gasteiger partial charge >= 0.3 is 5.97 Å². The Morgan fingerprint density at radius 2 is 2.00 bits per heavy atom. The van der Waals surface area contributed by atoms with Crippen LogP contribution in [0.4, 0.5) is 5.82 Å². The molecule has 7 nitrogen and oxygen atoms in total. The summed E-state index contributed by atoms with van der Waals surface area (Å²) in [6, 6.07) is 7.05. The number of aryl methyl sites for hydroxylation is 1. The van der Waals surface area contributed by atoms with Crippen molar-refractivity contribution in [1.29, 1.82) is 0 Å². The molecule has 1 aromatic heterocycles. The molecule has 2 aromatic rings. The number of anilines is 1. The predicted octanol–water partition coefficient (Wildman–Crippen LogP) is 2.33. The number of benzene rings is 1. The van der Waals surface area contributed by atoms with Gasteiger partial charge in [0.05, 0.1) is 18.7 Å². The van der Waals surface area contributed by atoms with Crippen molar-refractivity contribution in [3.05, 3.63) is 54.0 Å². The molecule has 27 heavy (non-hydrogen) atoms. The molecule has 1 saturated heterocycles. The van der Waals surface area contributed by atoms with Crippen LogP contribution in [-0.4, -0.2) is 40.0 Å². The van der Waals surface area contributed by atoms with E-state index in [-0.39, 0.29) is 18.2 Å². The largest absolute Gasteiger partial charge is 0.481 e. The average Bonchev–Trinajstić information content (AvgIpc) is 2.68. The van der Waals surface area contributed by atoms with E-state index in [1.165, 1.54) is 0 Å². The van der Waals surface area contributed by atoms with Crippen LogP contribution in [-0.2, 0) is 9.59 Å². The van der Waals surface area contributed by atoms with Gasteiger partial charge < -0.3 is 15.3 Å². The Hall–Kier alpha value is -2.96. The Bertz CT molecular complexity index is 789. The fourth-order valence-corrected chi connectivity index (χ4v) is 3.51. The van der Waals surface area contributed by atoms with Crippen LogP contribution in [0, 0.1) is 12.8 Å². The van der Waals surface area contributed by atoms with Crippen molar-refractivity contribution < 1.29 is 14.7 Å². The number of nitrogens with zero attached hydrogens (tertiary/aromatic N) is 3. The quantitative estimate of drug-likeness (QED) is 0.813. The maximum atomic E-state index is 12.8. The number of amides is 1. The second-order valence-electron chi connectivity index (χ2n) is 6.84. The highest BCUT2D eigenvalue weighted by molar-refractivity contribution is 5.80. The van der Waals surface area contributed by atoms with E-state index in [0.717, 1.165) is 30.0 Å².